The number of hydrogen-bond donors (Lipinski definition) is 0. The highest BCUT2D eigenvalue weighted by Gasteiger charge is 2.12. The number of fused-ring (bicyclic) bond motifs is 3. The molecule has 5 nitrogen and oxygen atoms in total. The third-order valence-electron chi connectivity index (χ3n) is 4.08. The number of aldehydes is 2. The first kappa shape index (κ1) is 16.4. The van der Waals surface area contributed by atoms with Gasteiger partial charge in [0.05, 0.1) is 19.8 Å². The number of rotatable bonds is 8. The lowest BCUT2D eigenvalue weighted by Gasteiger charge is -2.08. The minimum absolute atomic E-state index is 0.554. The summed E-state index contributed by atoms with van der Waals surface area (Å²) in [6.07, 6.45) is 1.67. The Morgan fingerprint density at radius 1 is 0.875 bits per heavy atom. The Balaban J connectivity index is 2.04. The van der Waals surface area contributed by atoms with Crippen molar-refractivity contribution >= 4 is 34.4 Å². The van der Waals surface area contributed by atoms with E-state index >= 15 is 0 Å². The molecule has 0 aliphatic rings. The van der Waals surface area contributed by atoms with Crippen LogP contribution < -0.4 is 0 Å². The summed E-state index contributed by atoms with van der Waals surface area (Å²) in [6.45, 7) is 2.37. The van der Waals surface area contributed by atoms with Crippen LogP contribution in [-0.4, -0.2) is 44.1 Å². The van der Waals surface area contributed by atoms with Crippen molar-refractivity contribution in [3.05, 3.63) is 47.5 Å². The second kappa shape index (κ2) is 7.38. The van der Waals surface area contributed by atoms with Crippen molar-refractivity contribution in [1.82, 2.24) is 4.57 Å². The van der Waals surface area contributed by atoms with Gasteiger partial charge >= 0.3 is 0 Å². The standard InChI is InChI=1S/C19H19NO4/c1-23-8-9-24-7-6-20-18-4-2-14(12-21)10-16(18)17-11-15(13-22)3-5-19(17)20/h2-5,10-13H,6-9H2,1H3. The van der Waals surface area contributed by atoms with E-state index in [2.05, 4.69) is 4.57 Å². The first-order valence-electron chi connectivity index (χ1n) is 7.81. The van der Waals surface area contributed by atoms with Crippen LogP contribution >= 0.6 is 0 Å². The van der Waals surface area contributed by atoms with Gasteiger partial charge in [0.25, 0.3) is 0 Å². The third-order valence-corrected chi connectivity index (χ3v) is 4.08. The van der Waals surface area contributed by atoms with Crippen LogP contribution in [0.2, 0.25) is 0 Å². The molecule has 0 aliphatic heterocycles. The first-order chi connectivity index (χ1) is 11.8. The Kier molecular flexibility index (Phi) is 5.03. The summed E-state index contributed by atoms with van der Waals surface area (Å²) in [5.41, 5.74) is 3.28. The maximum absolute atomic E-state index is 11.1. The molecule has 0 spiro atoms. The quantitative estimate of drug-likeness (QED) is 0.472. The molecule has 0 unspecified atom stereocenters. The summed E-state index contributed by atoms with van der Waals surface area (Å²) in [7, 11) is 1.64. The molecule has 3 rings (SSSR count). The molecule has 0 saturated carbocycles. The molecule has 0 atom stereocenters. The van der Waals surface area contributed by atoms with Gasteiger partial charge in [-0.25, -0.2) is 0 Å². The fourth-order valence-corrected chi connectivity index (χ4v) is 2.93. The number of carbonyl (C=O) groups is 2. The number of nitrogens with zero attached hydrogens (tertiary/aromatic N) is 1. The van der Waals surface area contributed by atoms with Gasteiger partial charge < -0.3 is 14.0 Å². The van der Waals surface area contributed by atoms with Gasteiger partial charge in [0.2, 0.25) is 0 Å². The number of ether oxygens (including phenoxy) is 2. The van der Waals surface area contributed by atoms with Gasteiger partial charge in [-0.05, 0) is 36.4 Å². The van der Waals surface area contributed by atoms with E-state index in [0.29, 0.717) is 37.5 Å². The van der Waals surface area contributed by atoms with Gasteiger partial charge in [0, 0.05) is 46.6 Å². The lowest BCUT2D eigenvalue weighted by molar-refractivity contribution is 0.0673. The summed E-state index contributed by atoms with van der Waals surface area (Å²) in [5, 5.41) is 1.94. The van der Waals surface area contributed by atoms with E-state index in [1.807, 2.05) is 24.3 Å². The second-order valence-electron chi connectivity index (χ2n) is 5.55. The molecule has 0 radical (unpaired) electrons. The molecule has 0 bridgehead atoms. The van der Waals surface area contributed by atoms with Gasteiger partial charge in [0.1, 0.15) is 12.6 Å². The SMILES string of the molecule is COCCOCCn1c2ccc(C=O)cc2c2cc(C=O)ccc21. The first-order valence-corrected chi connectivity index (χ1v) is 7.81. The molecular formula is C19H19NO4. The van der Waals surface area contributed by atoms with Crippen LogP contribution in [0.15, 0.2) is 36.4 Å². The monoisotopic (exact) mass is 325 g/mol. The van der Waals surface area contributed by atoms with E-state index in [4.69, 9.17) is 9.47 Å². The van der Waals surface area contributed by atoms with E-state index in [9.17, 15) is 9.59 Å². The van der Waals surface area contributed by atoms with Crippen LogP contribution in [0.1, 0.15) is 20.7 Å². The summed E-state index contributed by atoms with van der Waals surface area (Å²) < 4.78 is 12.7. The van der Waals surface area contributed by atoms with Gasteiger partial charge in [-0.15, -0.1) is 0 Å². The van der Waals surface area contributed by atoms with Crippen LogP contribution in [0.25, 0.3) is 21.8 Å². The summed E-state index contributed by atoms with van der Waals surface area (Å²) >= 11 is 0. The molecule has 124 valence electrons. The second-order valence-corrected chi connectivity index (χ2v) is 5.55. The number of methoxy groups -OCH3 is 1. The third kappa shape index (κ3) is 3.09. The molecule has 0 fully saturated rings. The molecule has 2 aromatic carbocycles. The topological polar surface area (TPSA) is 57.5 Å². The van der Waals surface area contributed by atoms with E-state index in [0.717, 1.165) is 34.4 Å². The number of hydrogen-bond acceptors (Lipinski definition) is 4. The summed E-state index contributed by atoms with van der Waals surface area (Å²) in [4.78, 5) is 22.2. The Hall–Kier alpha value is -2.50. The zero-order valence-electron chi connectivity index (χ0n) is 13.5. The van der Waals surface area contributed by atoms with E-state index in [-0.39, 0.29) is 0 Å². The molecule has 5 heteroatoms. The number of aromatic nitrogens is 1. The van der Waals surface area contributed by atoms with Crippen molar-refractivity contribution < 1.29 is 19.1 Å². The molecule has 0 saturated heterocycles. The average molecular weight is 325 g/mol. The zero-order chi connectivity index (χ0) is 16.9. The van der Waals surface area contributed by atoms with E-state index in [1.165, 1.54) is 0 Å². The molecule has 24 heavy (non-hydrogen) atoms. The molecular weight excluding hydrogens is 306 g/mol. The maximum Gasteiger partial charge on any atom is 0.150 e. The highest BCUT2D eigenvalue weighted by molar-refractivity contribution is 6.10. The van der Waals surface area contributed by atoms with Crippen molar-refractivity contribution in [2.24, 2.45) is 0 Å². The Labute approximate surface area is 139 Å². The highest BCUT2D eigenvalue weighted by atomic mass is 16.5. The highest BCUT2D eigenvalue weighted by Crippen LogP contribution is 2.30. The minimum atomic E-state index is 0.554. The van der Waals surface area contributed by atoms with Crippen molar-refractivity contribution in [2.75, 3.05) is 26.9 Å². The van der Waals surface area contributed by atoms with Crippen LogP contribution in [0.3, 0.4) is 0 Å². The lowest BCUT2D eigenvalue weighted by Crippen LogP contribution is -2.09. The smallest absolute Gasteiger partial charge is 0.150 e. The van der Waals surface area contributed by atoms with Crippen LogP contribution in [0.5, 0.6) is 0 Å². The van der Waals surface area contributed by atoms with Gasteiger partial charge in [-0.1, -0.05) is 0 Å². The van der Waals surface area contributed by atoms with Gasteiger partial charge in [-0.3, -0.25) is 9.59 Å². The van der Waals surface area contributed by atoms with Gasteiger partial charge in [0.15, 0.2) is 0 Å². The maximum atomic E-state index is 11.1. The Morgan fingerprint density at radius 2 is 1.46 bits per heavy atom. The predicted octanol–water partition coefficient (Wildman–Crippen LogP) is 3.08. The summed E-state index contributed by atoms with van der Waals surface area (Å²) in [6, 6.07) is 11.2. The van der Waals surface area contributed by atoms with Crippen molar-refractivity contribution in [3.63, 3.8) is 0 Å². The van der Waals surface area contributed by atoms with Crippen molar-refractivity contribution in [3.8, 4) is 0 Å². The molecule has 0 amide bonds. The predicted molar refractivity (Wildman–Crippen MR) is 92.9 cm³/mol. The molecule has 1 aromatic heterocycles. The lowest BCUT2D eigenvalue weighted by atomic mass is 10.1. The van der Waals surface area contributed by atoms with Crippen LogP contribution in [0, 0.1) is 0 Å². The van der Waals surface area contributed by atoms with Crippen molar-refractivity contribution in [1.29, 1.82) is 0 Å². The van der Waals surface area contributed by atoms with Crippen LogP contribution in [0.4, 0.5) is 0 Å². The number of benzene rings is 2. The van der Waals surface area contributed by atoms with Crippen molar-refractivity contribution in [2.45, 2.75) is 6.54 Å². The Bertz CT molecular complexity index is 817. The fourth-order valence-electron chi connectivity index (χ4n) is 2.93. The van der Waals surface area contributed by atoms with Gasteiger partial charge in [-0.2, -0.15) is 0 Å². The molecule has 1 heterocycles. The van der Waals surface area contributed by atoms with E-state index < -0.39 is 0 Å². The normalized spacial score (nSPS) is 11.2. The Morgan fingerprint density at radius 3 is 1.96 bits per heavy atom. The molecule has 0 N–H and O–H groups in total. The number of carbonyl (C=O) groups excluding carboxylic acids is 2. The molecule has 3 aromatic rings. The largest absolute Gasteiger partial charge is 0.382 e. The fraction of sp³-hybridized carbons (Fsp3) is 0.263. The van der Waals surface area contributed by atoms with Crippen LogP contribution in [-0.2, 0) is 16.0 Å². The average Bonchev–Trinajstić information content (AvgIpc) is 2.94. The van der Waals surface area contributed by atoms with E-state index in [1.54, 1.807) is 19.2 Å². The molecule has 0 aliphatic carbocycles. The zero-order valence-corrected chi connectivity index (χ0v) is 13.5. The summed E-state index contributed by atoms with van der Waals surface area (Å²) in [5.74, 6) is 0. The minimum Gasteiger partial charge on any atom is -0.382 e.